The number of fused-ring (bicyclic) bond motifs is 1. The van der Waals surface area contributed by atoms with Crippen molar-refractivity contribution in [1.82, 2.24) is 14.5 Å². The van der Waals surface area contributed by atoms with E-state index < -0.39 is 10.0 Å². The Morgan fingerprint density at radius 1 is 1.19 bits per heavy atom. The van der Waals surface area contributed by atoms with Crippen LogP contribution in [0.25, 0.3) is 0 Å². The lowest BCUT2D eigenvalue weighted by Gasteiger charge is -2.34. The number of piperazine rings is 1. The molecule has 0 amide bonds. The number of hydrogen-bond donors (Lipinski definition) is 1. The first kappa shape index (κ1) is 17.4. The van der Waals surface area contributed by atoms with Crippen LogP contribution < -0.4 is 9.64 Å². The molecule has 2 aliphatic heterocycles. The Hall–Kier alpha value is -2.06. The Bertz CT molecular complexity index is 928. The van der Waals surface area contributed by atoms with Gasteiger partial charge >= 0.3 is 0 Å². The normalized spacial score (nSPS) is 20.0. The van der Waals surface area contributed by atoms with Crippen LogP contribution in [-0.4, -0.2) is 54.7 Å². The van der Waals surface area contributed by atoms with E-state index >= 15 is 0 Å². The molecule has 7 nitrogen and oxygen atoms in total. The fraction of sp³-hybridized carbons (Fsp3) is 0.500. The summed E-state index contributed by atoms with van der Waals surface area (Å²) >= 11 is 0. The molecule has 3 heterocycles. The second-order valence-corrected chi connectivity index (χ2v) is 9.49. The molecular formula is C18H24N4O3S. The van der Waals surface area contributed by atoms with Crippen molar-refractivity contribution < 1.29 is 13.2 Å². The van der Waals surface area contributed by atoms with E-state index in [4.69, 9.17) is 4.74 Å². The molecule has 1 saturated heterocycles. The number of para-hydroxylation sites is 1. The van der Waals surface area contributed by atoms with Crippen LogP contribution in [0, 0.1) is 6.92 Å². The molecule has 1 fully saturated rings. The molecule has 4 rings (SSSR count). The van der Waals surface area contributed by atoms with E-state index in [0.29, 0.717) is 31.9 Å². The maximum atomic E-state index is 13.2. The number of hydrogen-bond acceptors (Lipinski definition) is 5. The molecule has 0 aliphatic carbocycles. The van der Waals surface area contributed by atoms with Crippen molar-refractivity contribution in [3.63, 3.8) is 0 Å². The highest BCUT2D eigenvalue weighted by atomic mass is 32.2. The molecule has 1 N–H and O–H groups in total. The Morgan fingerprint density at radius 2 is 1.92 bits per heavy atom. The number of ether oxygens (including phenoxy) is 1. The Kier molecular flexibility index (Phi) is 4.00. The summed E-state index contributed by atoms with van der Waals surface area (Å²) < 4.78 is 33.9. The van der Waals surface area contributed by atoms with Crippen LogP contribution in [0.15, 0.2) is 29.2 Å². The zero-order valence-electron chi connectivity index (χ0n) is 15.3. The van der Waals surface area contributed by atoms with Crippen LogP contribution in [0.1, 0.15) is 25.1 Å². The lowest BCUT2D eigenvalue weighted by molar-refractivity contribution is 0.134. The summed E-state index contributed by atoms with van der Waals surface area (Å²) in [7, 11) is -3.58. The molecule has 0 saturated carbocycles. The molecule has 2 aliphatic rings. The quantitative estimate of drug-likeness (QED) is 0.886. The van der Waals surface area contributed by atoms with Gasteiger partial charge in [-0.2, -0.15) is 9.40 Å². The molecule has 26 heavy (non-hydrogen) atoms. The summed E-state index contributed by atoms with van der Waals surface area (Å²) in [4.78, 5) is 2.38. The van der Waals surface area contributed by atoms with Gasteiger partial charge in [0, 0.05) is 44.4 Å². The van der Waals surface area contributed by atoms with Crippen LogP contribution in [0.2, 0.25) is 0 Å². The summed E-state index contributed by atoms with van der Waals surface area (Å²) in [5.74, 6) is 1.38. The van der Waals surface area contributed by atoms with E-state index in [9.17, 15) is 8.42 Å². The minimum atomic E-state index is -3.58. The Morgan fingerprint density at radius 3 is 2.58 bits per heavy atom. The third kappa shape index (κ3) is 2.97. The lowest BCUT2D eigenvalue weighted by Crippen LogP contribution is -2.48. The molecule has 0 atom stereocenters. The predicted octanol–water partition coefficient (Wildman–Crippen LogP) is 1.94. The first-order valence-electron chi connectivity index (χ1n) is 8.84. The van der Waals surface area contributed by atoms with Crippen LogP contribution >= 0.6 is 0 Å². The third-order valence-electron chi connectivity index (χ3n) is 4.93. The van der Waals surface area contributed by atoms with Crippen molar-refractivity contribution in [3.05, 3.63) is 35.5 Å². The fourth-order valence-corrected chi connectivity index (χ4v) is 5.23. The molecule has 0 radical (unpaired) electrons. The molecule has 1 aromatic carbocycles. The highest BCUT2D eigenvalue weighted by Crippen LogP contribution is 2.40. The van der Waals surface area contributed by atoms with Gasteiger partial charge in [0.25, 0.3) is 0 Å². The topological polar surface area (TPSA) is 78.5 Å². The summed E-state index contributed by atoms with van der Waals surface area (Å²) in [6.45, 7) is 8.01. The first-order chi connectivity index (χ1) is 12.3. The summed E-state index contributed by atoms with van der Waals surface area (Å²) in [6, 6.07) is 7.38. The van der Waals surface area contributed by atoms with Crippen molar-refractivity contribution in [1.29, 1.82) is 0 Å². The molecule has 1 aromatic heterocycles. The Balaban J connectivity index is 1.55. The number of aryl methyl sites for hydroxylation is 1. The number of nitrogens with one attached hydrogen (secondary N) is 1. The summed E-state index contributed by atoms with van der Waals surface area (Å²) in [5.41, 5.74) is 1.58. The van der Waals surface area contributed by atoms with Crippen LogP contribution in [-0.2, 0) is 16.4 Å². The second kappa shape index (κ2) is 5.99. The smallest absolute Gasteiger partial charge is 0.246 e. The number of aromatic nitrogens is 2. The molecule has 0 spiro atoms. The van der Waals surface area contributed by atoms with Crippen LogP contribution in [0.5, 0.6) is 5.75 Å². The molecule has 140 valence electrons. The number of nitrogens with zero attached hydrogens (tertiary/aromatic N) is 3. The molecule has 2 aromatic rings. The summed E-state index contributed by atoms with van der Waals surface area (Å²) in [5, 5.41) is 7.19. The highest BCUT2D eigenvalue weighted by molar-refractivity contribution is 7.89. The van der Waals surface area contributed by atoms with Crippen molar-refractivity contribution in [2.45, 2.75) is 37.7 Å². The average Bonchev–Trinajstić information content (AvgIpc) is 3.15. The van der Waals surface area contributed by atoms with Crippen LogP contribution in [0.4, 0.5) is 5.82 Å². The number of benzene rings is 1. The minimum Gasteiger partial charge on any atom is -0.486 e. The molecular weight excluding hydrogens is 352 g/mol. The van der Waals surface area contributed by atoms with Gasteiger partial charge in [0.1, 0.15) is 16.2 Å². The van der Waals surface area contributed by atoms with E-state index in [1.54, 1.807) is 16.4 Å². The number of H-pyrrole nitrogens is 1. The minimum absolute atomic E-state index is 0.282. The number of sulfonamides is 1. The van der Waals surface area contributed by atoms with Gasteiger partial charge in [0.2, 0.25) is 10.0 Å². The average molecular weight is 376 g/mol. The zero-order valence-corrected chi connectivity index (χ0v) is 16.1. The molecule has 0 bridgehead atoms. The van der Waals surface area contributed by atoms with Gasteiger partial charge in [-0.15, -0.1) is 0 Å². The molecule has 8 heteroatoms. The van der Waals surface area contributed by atoms with Gasteiger partial charge in [0.15, 0.2) is 5.82 Å². The van der Waals surface area contributed by atoms with Gasteiger partial charge in [-0.05, 0) is 32.4 Å². The van der Waals surface area contributed by atoms with Gasteiger partial charge in [-0.1, -0.05) is 12.1 Å². The van der Waals surface area contributed by atoms with E-state index in [1.807, 2.05) is 32.9 Å². The lowest BCUT2D eigenvalue weighted by atomic mass is 10.0. The number of anilines is 1. The number of aromatic amines is 1. The van der Waals surface area contributed by atoms with Crippen molar-refractivity contribution in [3.8, 4) is 5.75 Å². The zero-order chi connectivity index (χ0) is 18.5. The van der Waals surface area contributed by atoms with Gasteiger partial charge < -0.3 is 9.64 Å². The first-order valence-corrected chi connectivity index (χ1v) is 10.3. The standard InChI is InChI=1S/C18H24N4O3S/c1-13-11-16(20-19-13)21-7-9-22(10-8-21)26(23,24)15-6-4-5-14-12-18(2,3)25-17(14)15/h4-6,11H,7-10,12H2,1-3H3,(H,19,20). The molecule has 0 unspecified atom stereocenters. The SMILES string of the molecule is Cc1cc(N2CCN(S(=O)(=O)c3cccc4c3OC(C)(C)C4)CC2)n[nH]1. The monoisotopic (exact) mass is 376 g/mol. The van der Waals surface area contributed by atoms with Gasteiger partial charge in [-0.3, -0.25) is 5.10 Å². The predicted molar refractivity (Wildman–Crippen MR) is 99.1 cm³/mol. The number of rotatable bonds is 3. The van der Waals surface area contributed by atoms with E-state index in [1.165, 1.54) is 0 Å². The second-order valence-electron chi connectivity index (χ2n) is 7.58. The summed E-state index contributed by atoms with van der Waals surface area (Å²) in [6.07, 6.45) is 0.720. The van der Waals surface area contributed by atoms with E-state index in [-0.39, 0.29) is 10.5 Å². The fourth-order valence-electron chi connectivity index (χ4n) is 3.65. The third-order valence-corrected chi connectivity index (χ3v) is 6.85. The van der Waals surface area contributed by atoms with Crippen molar-refractivity contribution in [2.75, 3.05) is 31.1 Å². The Labute approximate surface area is 154 Å². The van der Waals surface area contributed by atoms with Crippen molar-refractivity contribution in [2.24, 2.45) is 0 Å². The largest absolute Gasteiger partial charge is 0.486 e. The van der Waals surface area contributed by atoms with Crippen molar-refractivity contribution >= 4 is 15.8 Å². The van der Waals surface area contributed by atoms with Gasteiger partial charge in [0.05, 0.1) is 0 Å². The van der Waals surface area contributed by atoms with Gasteiger partial charge in [-0.25, -0.2) is 8.42 Å². The van der Waals surface area contributed by atoms with E-state index in [0.717, 1.165) is 23.5 Å². The maximum Gasteiger partial charge on any atom is 0.246 e. The maximum absolute atomic E-state index is 13.2. The highest BCUT2D eigenvalue weighted by Gasteiger charge is 2.37. The van der Waals surface area contributed by atoms with Crippen LogP contribution in [0.3, 0.4) is 0 Å². The van der Waals surface area contributed by atoms with E-state index in [2.05, 4.69) is 15.1 Å².